The van der Waals surface area contributed by atoms with Crippen LogP contribution in [0, 0.1) is 12.8 Å². The largest absolute Gasteiger partial charge is 0.360 e. The summed E-state index contributed by atoms with van der Waals surface area (Å²) in [7, 11) is 2.03. The Morgan fingerprint density at radius 2 is 2.50 bits per heavy atom. The van der Waals surface area contributed by atoms with E-state index in [1.807, 2.05) is 20.0 Å². The summed E-state index contributed by atoms with van der Waals surface area (Å²) >= 11 is 0. The molecular weight excluding hydrogens is 202 g/mol. The van der Waals surface area contributed by atoms with Crippen LogP contribution in [0.15, 0.2) is 10.6 Å². The number of aryl methyl sites for hydroxylation is 1. The van der Waals surface area contributed by atoms with Crippen LogP contribution in [0.2, 0.25) is 0 Å². The Morgan fingerprint density at radius 1 is 1.62 bits per heavy atom. The molecule has 0 saturated carbocycles. The van der Waals surface area contributed by atoms with Gasteiger partial charge in [-0.2, -0.15) is 0 Å². The molecule has 1 aromatic rings. The van der Waals surface area contributed by atoms with Crippen LogP contribution in [-0.2, 0) is 6.54 Å². The number of nitrogens with zero attached hydrogens (tertiary/aromatic N) is 2. The van der Waals surface area contributed by atoms with Crippen LogP contribution < -0.4 is 5.32 Å². The number of aromatic nitrogens is 1. The lowest BCUT2D eigenvalue weighted by Crippen LogP contribution is -2.38. The van der Waals surface area contributed by atoms with Crippen LogP contribution in [0.25, 0.3) is 0 Å². The standard InChI is InChI=1S/C12H21N3O/c1-10-6-12(16-14-10)9-15-5-3-4-11(8-15)7-13-2/h6,11,13H,3-5,7-9H2,1-2H3. The maximum atomic E-state index is 5.25. The molecular formula is C12H21N3O. The van der Waals surface area contributed by atoms with Gasteiger partial charge in [0.2, 0.25) is 0 Å². The fourth-order valence-corrected chi connectivity index (χ4v) is 2.46. The van der Waals surface area contributed by atoms with Gasteiger partial charge in [0, 0.05) is 12.6 Å². The van der Waals surface area contributed by atoms with Crippen molar-refractivity contribution in [3.8, 4) is 0 Å². The molecule has 1 aliphatic heterocycles. The van der Waals surface area contributed by atoms with E-state index in [1.54, 1.807) is 0 Å². The molecule has 0 aromatic carbocycles. The summed E-state index contributed by atoms with van der Waals surface area (Å²) in [4.78, 5) is 2.46. The van der Waals surface area contributed by atoms with Crippen molar-refractivity contribution in [1.82, 2.24) is 15.4 Å². The first-order chi connectivity index (χ1) is 7.78. The summed E-state index contributed by atoms with van der Waals surface area (Å²) < 4.78 is 5.25. The number of hydrogen-bond acceptors (Lipinski definition) is 4. The molecule has 1 aromatic heterocycles. The number of nitrogens with one attached hydrogen (secondary N) is 1. The summed E-state index contributed by atoms with van der Waals surface area (Å²) in [5, 5.41) is 7.19. The van der Waals surface area contributed by atoms with Gasteiger partial charge in [0.1, 0.15) is 0 Å². The Bertz CT molecular complexity index is 322. The second-order valence-corrected chi connectivity index (χ2v) is 4.74. The summed E-state index contributed by atoms with van der Waals surface area (Å²) in [5.74, 6) is 1.77. The van der Waals surface area contributed by atoms with Gasteiger partial charge in [-0.25, -0.2) is 0 Å². The lowest BCUT2D eigenvalue weighted by molar-refractivity contribution is 0.152. The van der Waals surface area contributed by atoms with Gasteiger partial charge in [0.25, 0.3) is 0 Å². The molecule has 1 unspecified atom stereocenters. The minimum absolute atomic E-state index is 0.780. The Hall–Kier alpha value is -0.870. The average Bonchev–Trinajstić information content (AvgIpc) is 2.65. The SMILES string of the molecule is CNCC1CCCN(Cc2cc(C)no2)C1. The molecule has 0 spiro atoms. The lowest BCUT2D eigenvalue weighted by atomic mass is 9.98. The highest BCUT2D eigenvalue weighted by molar-refractivity contribution is 5.03. The maximum Gasteiger partial charge on any atom is 0.150 e. The Balaban J connectivity index is 1.85. The molecule has 4 nitrogen and oxygen atoms in total. The molecule has 1 fully saturated rings. The molecule has 1 saturated heterocycles. The number of likely N-dealkylation sites (tertiary alicyclic amines) is 1. The van der Waals surface area contributed by atoms with Gasteiger partial charge in [-0.15, -0.1) is 0 Å². The molecule has 0 aliphatic carbocycles. The molecule has 0 bridgehead atoms. The van der Waals surface area contributed by atoms with Crippen LogP contribution in [0.5, 0.6) is 0 Å². The maximum absolute atomic E-state index is 5.25. The molecule has 1 aliphatic rings. The Labute approximate surface area is 97.0 Å². The van der Waals surface area contributed by atoms with E-state index in [0.717, 1.165) is 30.5 Å². The number of piperidine rings is 1. The van der Waals surface area contributed by atoms with Crippen LogP contribution in [0.4, 0.5) is 0 Å². The molecule has 2 heterocycles. The third kappa shape index (κ3) is 3.06. The summed E-state index contributed by atoms with van der Waals surface area (Å²) in [6.45, 7) is 6.33. The first-order valence-electron chi connectivity index (χ1n) is 6.07. The van der Waals surface area contributed by atoms with Crippen molar-refractivity contribution < 1.29 is 4.52 Å². The third-order valence-corrected chi connectivity index (χ3v) is 3.15. The molecule has 4 heteroatoms. The normalized spacial score (nSPS) is 22.5. The van der Waals surface area contributed by atoms with E-state index in [2.05, 4.69) is 15.4 Å². The minimum atomic E-state index is 0.780. The Morgan fingerprint density at radius 3 is 3.19 bits per heavy atom. The monoisotopic (exact) mass is 223 g/mol. The summed E-state index contributed by atoms with van der Waals surface area (Å²) in [6, 6.07) is 2.03. The van der Waals surface area contributed by atoms with Crippen molar-refractivity contribution in [1.29, 1.82) is 0 Å². The van der Waals surface area contributed by atoms with Crippen LogP contribution >= 0.6 is 0 Å². The van der Waals surface area contributed by atoms with Gasteiger partial charge in [-0.1, -0.05) is 5.16 Å². The zero-order chi connectivity index (χ0) is 11.4. The van der Waals surface area contributed by atoms with E-state index >= 15 is 0 Å². The fourth-order valence-electron chi connectivity index (χ4n) is 2.46. The summed E-state index contributed by atoms with van der Waals surface area (Å²) in [6.07, 6.45) is 2.63. The number of hydrogen-bond donors (Lipinski definition) is 1. The number of rotatable bonds is 4. The van der Waals surface area contributed by atoms with Crippen molar-refractivity contribution in [2.75, 3.05) is 26.7 Å². The minimum Gasteiger partial charge on any atom is -0.360 e. The van der Waals surface area contributed by atoms with Gasteiger partial charge in [0.15, 0.2) is 5.76 Å². The van der Waals surface area contributed by atoms with Gasteiger partial charge in [-0.3, -0.25) is 4.90 Å². The molecule has 0 amide bonds. The first-order valence-corrected chi connectivity index (χ1v) is 6.07. The second-order valence-electron chi connectivity index (χ2n) is 4.74. The topological polar surface area (TPSA) is 41.3 Å². The third-order valence-electron chi connectivity index (χ3n) is 3.15. The van der Waals surface area contributed by atoms with Crippen molar-refractivity contribution in [2.45, 2.75) is 26.3 Å². The van der Waals surface area contributed by atoms with E-state index in [4.69, 9.17) is 4.52 Å². The van der Waals surface area contributed by atoms with E-state index in [0.29, 0.717) is 0 Å². The van der Waals surface area contributed by atoms with Crippen molar-refractivity contribution in [3.05, 3.63) is 17.5 Å². The molecule has 16 heavy (non-hydrogen) atoms. The highest BCUT2D eigenvalue weighted by Crippen LogP contribution is 2.18. The van der Waals surface area contributed by atoms with Crippen LogP contribution in [0.1, 0.15) is 24.3 Å². The quantitative estimate of drug-likeness (QED) is 0.838. The average molecular weight is 223 g/mol. The van der Waals surface area contributed by atoms with Gasteiger partial charge in [-0.05, 0) is 45.8 Å². The first kappa shape index (κ1) is 11.6. The molecule has 2 rings (SSSR count). The lowest BCUT2D eigenvalue weighted by Gasteiger charge is -2.31. The van der Waals surface area contributed by atoms with Gasteiger partial charge < -0.3 is 9.84 Å². The van der Waals surface area contributed by atoms with E-state index in [1.165, 1.54) is 25.9 Å². The molecule has 90 valence electrons. The molecule has 0 radical (unpaired) electrons. The van der Waals surface area contributed by atoms with Crippen molar-refractivity contribution in [3.63, 3.8) is 0 Å². The predicted molar refractivity (Wildman–Crippen MR) is 63.2 cm³/mol. The van der Waals surface area contributed by atoms with Crippen LogP contribution in [-0.4, -0.2) is 36.7 Å². The van der Waals surface area contributed by atoms with E-state index in [9.17, 15) is 0 Å². The zero-order valence-corrected chi connectivity index (χ0v) is 10.2. The Kier molecular flexibility index (Phi) is 3.96. The van der Waals surface area contributed by atoms with E-state index < -0.39 is 0 Å². The zero-order valence-electron chi connectivity index (χ0n) is 10.2. The van der Waals surface area contributed by atoms with Crippen molar-refractivity contribution in [2.24, 2.45) is 5.92 Å². The highest BCUT2D eigenvalue weighted by Gasteiger charge is 2.20. The smallest absolute Gasteiger partial charge is 0.150 e. The molecule has 1 atom stereocenters. The van der Waals surface area contributed by atoms with Gasteiger partial charge >= 0.3 is 0 Å². The fraction of sp³-hybridized carbons (Fsp3) is 0.750. The van der Waals surface area contributed by atoms with Crippen LogP contribution in [0.3, 0.4) is 0 Å². The second kappa shape index (κ2) is 5.46. The molecule has 1 N–H and O–H groups in total. The summed E-state index contributed by atoms with van der Waals surface area (Å²) in [5.41, 5.74) is 0.971. The van der Waals surface area contributed by atoms with Crippen molar-refractivity contribution >= 4 is 0 Å². The highest BCUT2D eigenvalue weighted by atomic mass is 16.5. The predicted octanol–water partition coefficient (Wildman–Crippen LogP) is 1.41. The van der Waals surface area contributed by atoms with E-state index in [-0.39, 0.29) is 0 Å². The van der Waals surface area contributed by atoms with Gasteiger partial charge in [0.05, 0.1) is 12.2 Å².